The van der Waals surface area contributed by atoms with Crippen molar-refractivity contribution in [3.05, 3.63) is 34.9 Å². The summed E-state index contributed by atoms with van der Waals surface area (Å²) in [6.45, 7) is 5.39. The molecule has 1 aromatic carbocycles. The van der Waals surface area contributed by atoms with Crippen LogP contribution < -0.4 is 5.32 Å². The minimum atomic E-state index is -0.766. The Hall–Kier alpha value is -3.06. The molecule has 1 aliphatic rings. The van der Waals surface area contributed by atoms with Crippen molar-refractivity contribution in [3.63, 3.8) is 0 Å². The van der Waals surface area contributed by atoms with Crippen molar-refractivity contribution in [1.82, 2.24) is 10.2 Å². The first kappa shape index (κ1) is 22.2. The summed E-state index contributed by atoms with van der Waals surface area (Å²) < 4.78 is 5.62. The average molecular weight is 396 g/mol. The zero-order chi connectivity index (χ0) is 21.6. The molecule has 1 saturated carbocycles. The highest BCUT2D eigenvalue weighted by Crippen LogP contribution is 2.28. The third-order valence-corrected chi connectivity index (χ3v) is 4.96. The number of carbonyl (C=O) groups excluding carboxylic acids is 2. The molecule has 2 amide bonds. The van der Waals surface area contributed by atoms with Gasteiger partial charge in [0.15, 0.2) is 0 Å². The number of nitrogens with zero attached hydrogens (tertiary/aromatic N) is 3. The normalized spacial score (nSPS) is 15.1. The molecular weight excluding hydrogens is 368 g/mol. The molecule has 29 heavy (non-hydrogen) atoms. The lowest BCUT2D eigenvalue weighted by Gasteiger charge is -2.36. The number of hydrogen-bond donors (Lipinski definition) is 1. The summed E-state index contributed by atoms with van der Waals surface area (Å²) in [5, 5.41) is 21.1. The Bertz CT molecular complexity index is 839. The lowest BCUT2D eigenvalue weighted by Crippen LogP contribution is -2.55. The number of ether oxygens (including phenoxy) is 1. The number of amides is 2. The zero-order valence-electron chi connectivity index (χ0n) is 17.5. The topological polar surface area (TPSA) is 106 Å². The number of nitrogens with one attached hydrogen (secondary N) is 1. The Kier molecular flexibility index (Phi) is 7.23. The smallest absolute Gasteiger partial charge is 0.411 e. The molecule has 1 fully saturated rings. The lowest BCUT2D eigenvalue weighted by atomic mass is 9.98. The molecule has 1 aromatic rings. The summed E-state index contributed by atoms with van der Waals surface area (Å²) in [5.41, 5.74) is 0.572. The van der Waals surface area contributed by atoms with Crippen molar-refractivity contribution in [1.29, 1.82) is 10.5 Å². The van der Waals surface area contributed by atoms with Crippen molar-refractivity contribution < 1.29 is 14.3 Å². The standard InChI is InChI=1S/C22H28N4O3/c1-22(2,3)29-21(28)26(18-7-5-6-8-18)19(20(27)25-4)12-15-9-10-16(13-23)17(11-15)14-24/h9-11,18-19H,5-8,12H2,1-4H3,(H,25,27)/t19-/m0/s1. The van der Waals surface area contributed by atoms with Crippen LogP contribution >= 0.6 is 0 Å². The zero-order valence-corrected chi connectivity index (χ0v) is 17.5. The summed E-state index contributed by atoms with van der Waals surface area (Å²) >= 11 is 0. The van der Waals surface area contributed by atoms with E-state index in [1.54, 1.807) is 43.9 Å². The molecule has 0 aliphatic heterocycles. The van der Waals surface area contributed by atoms with Crippen LogP contribution in [0.2, 0.25) is 0 Å². The van der Waals surface area contributed by atoms with E-state index in [2.05, 4.69) is 5.32 Å². The number of likely N-dealkylation sites (N-methyl/N-ethyl adjacent to an activating group) is 1. The summed E-state index contributed by atoms with van der Waals surface area (Å²) in [6, 6.07) is 8.06. The van der Waals surface area contributed by atoms with Gasteiger partial charge in [-0.25, -0.2) is 4.79 Å². The molecule has 2 rings (SSSR count). The van der Waals surface area contributed by atoms with E-state index in [1.807, 2.05) is 12.1 Å². The molecular formula is C22H28N4O3. The molecule has 0 heterocycles. The minimum Gasteiger partial charge on any atom is -0.444 e. The molecule has 0 aromatic heterocycles. The first-order valence-corrected chi connectivity index (χ1v) is 9.86. The molecule has 0 saturated heterocycles. The van der Waals surface area contributed by atoms with E-state index < -0.39 is 17.7 Å². The molecule has 7 heteroatoms. The van der Waals surface area contributed by atoms with Crippen LogP contribution in [-0.2, 0) is 16.0 Å². The quantitative estimate of drug-likeness (QED) is 0.822. The summed E-state index contributed by atoms with van der Waals surface area (Å²) in [6.07, 6.45) is 3.37. The Morgan fingerprint density at radius 1 is 1.21 bits per heavy atom. The Balaban J connectivity index is 2.41. The van der Waals surface area contributed by atoms with Crippen LogP contribution in [0.1, 0.15) is 63.1 Å². The number of hydrogen-bond acceptors (Lipinski definition) is 5. The van der Waals surface area contributed by atoms with Crippen LogP contribution in [0.3, 0.4) is 0 Å². The Labute approximate surface area is 172 Å². The fraction of sp³-hybridized carbons (Fsp3) is 0.545. The second kappa shape index (κ2) is 9.43. The maximum atomic E-state index is 13.0. The highest BCUT2D eigenvalue weighted by atomic mass is 16.6. The summed E-state index contributed by atoms with van der Waals surface area (Å²) in [4.78, 5) is 27.4. The molecule has 1 atom stereocenters. The average Bonchev–Trinajstić information content (AvgIpc) is 3.19. The number of rotatable bonds is 5. The largest absolute Gasteiger partial charge is 0.444 e. The van der Waals surface area contributed by atoms with E-state index in [9.17, 15) is 14.9 Å². The monoisotopic (exact) mass is 396 g/mol. The van der Waals surface area contributed by atoms with E-state index >= 15 is 0 Å². The Morgan fingerprint density at radius 3 is 2.34 bits per heavy atom. The van der Waals surface area contributed by atoms with Crippen LogP contribution in [0.5, 0.6) is 0 Å². The van der Waals surface area contributed by atoms with Crippen molar-refractivity contribution in [2.24, 2.45) is 0 Å². The van der Waals surface area contributed by atoms with Gasteiger partial charge in [-0.2, -0.15) is 10.5 Å². The predicted octanol–water partition coefficient (Wildman–Crippen LogP) is 3.27. The van der Waals surface area contributed by atoms with Gasteiger partial charge in [-0.3, -0.25) is 9.69 Å². The van der Waals surface area contributed by atoms with Crippen LogP contribution in [0.4, 0.5) is 4.79 Å². The highest BCUT2D eigenvalue weighted by molar-refractivity contribution is 5.86. The Morgan fingerprint density at radius 2 is 1.83 bits per heavy atom. The fourth-order valence-corrected chi connectivity index (χ4v) is 3.64. The molecule has 0 unspecified atom stereocenters. The van der Waals surface area contributed by atoms with Gasteiger partial charge in [-0.15, -0.1) is 0 Å². The maximum absolute atomic E-state index is 13.0. The molecule has 1 aliphatic carbocycles. The van der Waals surface area contributed by atoms with Gasteiger partial charge >= 0.3 is 6.09 Å². The molecule has 1 N–H and O–H groups in total. The van der Waals surface area contributed by atoms with Gasteiger partial charge in [0.25, 0.3) is 0 Å². The first-order valence-electron chi connectivity index (χ1n) is 9.86. The number of carbonyl (C=O) groups is 2. The summed E-state index contributed by atoms with van der Waals surface area (Å²) in [7, 11) is 1.54. The van der Waals surface area contributed by atoms with E-state index in [0.29, 0.717) is 5.56 Å². The van der Waals surface area contributed by atoms with Crippen molar-refractivity contribution in [2.45, 2.75) is 70.6 Å². The molecule has 0 spiro atoms. The van der Waals surface area contributed by atoms with Gasteiger partial charge in [-0.05, 0) is 51.3 Å². The van der Waals surface area contributed by atoms with Crippen molar-refractivity contribution >= 4 is 12.0 Å². The van der Waals surface area contributed by atoms with Crippen LogP contribution in [0, 0.1) is 22.7 Å². The van der Waals surface area contributed by atoms with E-state index in [1.165, 1.54) is 7.05 Å². The predicted molar refractivity (Wildman–Crippen MR) is 108 cm³/mol. The van der Waals surface area contributed by atoms with Crippen molar-refractivity contribution in [2.75, 3.05) is 7.05 Å². The lowest BCUT2D eigenvalue weighted by molar-refractivity contribution is -0.126. The summed E-state index contributed by atoms with van der Waals surface area (Å²) in [5.74, 6) is -0.286. The molecule has 0 radical (unpaired) electrons. The highest BCUT2D eigenvalue weighted by Gasteiger charge is 2.38. The van der Waals surface area contributed by atoms with Gasteiger partial charge in [-0.1, -0.05) is 18.9 Å². The van der Waals surface area contributed by atoms with E-state index in [-0.39, 0.29) is 29.5 Å². The first-order chi connectivity index (χ1) is 13.7. The second-order valence-electron chi connectivity index (χ2n) is 8.26. The number of benzene rings is 1. The minimum absolute atomic E-state index is 0.0685. The van der Waals surface area contributed by atoms with Gasteiger partial charge < -0.3 is 10.1 Å². The van der Waals surface area contributed by atoms with Gasteiger partial charge in [0.05, 0.1) is 11.1 Å². The van der Waals surface area contributed by atoms with Gasteiger partial charge in [0.2, 0.25) is 5.91 Å². The maximum Gasteiger partial charge on any atom is 0.411 e. The third kappa shape index (κ3) is 5.71. The number of nitriles is 2. The molecule has 154 valence electrons. The van der Waals surface area contributed by atoms with Gasteiger partial charge in [0.1, 0.15) is 23.8 Å². The SMILES string of the molecule is CNC(=O)[C@H](Cc1ccc(C#N)c(C#N)c1)N(C(=O)OC(C)(C)C)C1CCCC1. The van der Waals surface area contributed by atoms with Crippen molar-refractivity contribution in [3.8, 4) is 12.1 Å². The van der Waals surface area contributed by atoms with Crippen LogP contribution in [-0.4, -0.2) is 41.6 Å². The van der Waals surface area contributed by atoms with Crippen LogP contribution in [0.15, 0.2) is 18.2 Å². The second-order valence-corrected chi connectivity index (χ2v) is 8.26. The van der Waals surface area contributed by atoms with Crippen LogP contribution in [0.25, 0.3) is 0 Å². The third-order valence-electron chi connectivity index (χ3n) is 4.96. The fourth-order valence-electron chi connectivity index (χ4n) is 3.64. The van der Waals surface area contributed by atoms with Gasteiger partial charge in [0, 0.05) is 19.5 Å². The van der Waals surface area contributed by atoms with E-state index in [0.717, 1.165) is 25.7 Å². The molecule has 0 bridgehead atoms. The molecule has 7 nitrogen and oxygen atoms in total. The van der Waals surface area contributed by atoms with E-state index in [4.69, 9.17) is 10.00 Å².